The Labute approximate surface area is 173 Å². The second kappa shape index (κ2) is 9.25. The molecule has 2 aromatic carbocycles. The lowest BCUT2D eigenvalue weighted by molar-refractivity contribution is 0.339. The van der Waals surface area contributed by atoms with Crippen molar-refractivity contribution >= 4 is 0 Å². The van der Waals surface area contributed by atoms with Crippen LogP contribution >= 0.6 is 0 Å². The number of hydrogen-bond acceptors (Lipinski definition) is 4. The molecule has 1 N–H and O–H groups in total. The Hall–Kier alpha value is -2.63. The number of likely N-dealkylation sites (tertiary alicyclic amines) is 1. The minimum absolute atomic E-state index is 0.739. The minimum atomic E-state index is 0.739. The predicted molar refractivity (Wildman–Crippen MR) is 117 cm³/mol. The van der Waals surface area contributed by atoms with Crippen molar-refractivity contribution in [2.45, 2.75) is 19.9 Å². The first-order valence-corrected chi connectivity index (χ1v) is 10.5. The van der Waals surface area contributed by atoms with Gasteiger partial charge in [-0.3, -0.25) is 0 Å². The molecule has 0 saturated carbocycles. The van der Waals surface area contributed by atoms with Gasteiger partial charge in [0, 0.05) is 30.4 Å². The number of benzene rings is 2. The first kappa shape index (κ1) is 19.7. The van der Waals surface area contributed by atoms with Crippen LogP contribution in [0, 0.1) is 5.92 Å². The normalized spacial score (nSPS) is 17.0. The van der Waals surface area contributed by atoms with E-state index in [1.54, 1.807) is 7.11 Å². The van der Waals surface area contributed by atoms with E-state index >= 15 is 0 Å². The Morgan fingerprint density at radius 3 is 2.59 bits per heavy atom. The second-order valence-corrected chi connectivity index (χ2v) is 7.69. The van der Waals surface area contributed by atoms with E-state index in [1.807, 2.05) is 35.0 Å². The molecule has 3 aromatic rings. The minimum Gasteiger partial charge on any atom is -0.497 e. The van der Waals surface area contributed by atoms with Crippen LogP contribution in [0.5, 0.6) is 5.75 Å². The van der Waals surface area contributed by atoms with Gasteiger partial charge in [-0.05, 0) is 68.4 Å². The third-order valence-corrected chi connectivity index (χ3v) is 5.74. The van der Waals surface area contributed by atoms with Gasteiger partial charge in [-0.2, -0.15) is 5.10 Å². The monoisotopic (exact) mass is 390 g/mol. The second-order valence-electron chi connectivity index (χ2n) is 7.69. The average molecular weight is 391 g/mol. The maximum atomic E-state index is 5.31. The van der Waals surface area contributed by atoms with E-state index in [-0.39, 0.29) is 0 Å². The number of hydrogen-bond donors (Lipinski definition) is 1. The van der Waals surface area contributed by atoms with Crippen molar-refractivity contribution in [3.05, 3.63) is 66.4 Å². The molecule has 0 bridgehead atoms. The number of nitrogens with zero attached hydrogens (tertiary/aromatic N) is 3. The molecule has 0 spiro atoms. The molecule has 1 atom stereocenters. The molecule has 4 rings (SSSR count). The summed E-state index contributed by atoms with van der Waals surface area (Å²) in [5.74, 6) is 1.60. The molecule has 29 heavy (non-hydrogen) atoms. The van der Waals surface area contributed by atoms with Crippen molar-refractivity contribution in [2.24, 2.45) is 5.92 Å². The van der Waals surface area contributed by atoms with Crippen LogP contribution in [0.2, 0.25) is 0 Å². The van der Waals surface area contributed by atoms with Crippen molar-refractivity contribution in [2.75, 3.05) is 33.3 Å². The number of aromatic nitrogens is 2. The lowest BCUT2D eigenvalue weighted by Crippen LogP contribution is -2.26. The van der Waals surface area contributed by atoms with E-state index < -0.39 is 0 Å². The Bertz CT molecular complexity index is 904. The van der Waals surface area contributed by atoms with Gasteiger partial charge >= 0.3 is 0 Å². The Morgan fingerprint density at radius 2 is 1.90 bits per heavy atom. The van der Waals surface area contributed by atoms with E-state index in [1.165, 1.54) is 25.1 Å². The summed E-state index contributed by atoms with van der Waals surface area (Å²) in [6, 6.07) is 18.4. The van der Waals surface area contributed by atoms with Gasteiger partial charge in [0.05, 0.1) is 18.5 Å². The van der Waals surface area contributed by atoms with Gasteiger partial charge in [0.1, 0.15) is 5.75 Å². The lowest BCUT2D eigenvalue weighted by Gasteiger charge is -2.13. The molecule has 152 valence electrons. The van der Waals surface area contributed by atoms with Gasteiger partial charge in [0.15, 0.2) is 0 Å². The number of rotatable bonds is 8. The summed E-state index contributed by atoms with van der Waals surface area (Å²) in [6.45, 7) is 7.70. The largest absolute Gasteiger partial charge is 0.497 e. The Morgan fingerprint density at radius 1 is 1.10 bits per heavy atom. The molecule has 1 unspecified atom stereocenters. The fraction of sp³-hybridized carbons (Fsp3) is 0.375. The van der Waals surface area contributed by atoms with Crippen LogP contribution in [0.4, 0.5) is 0 Å². The van der Waals surface area contributed by atoms with Gasteiger partial charge < -0.3 is 15.0 Å². The third kappa shape index (κ3) is 4.69. The van der Waals surface area contributed by atoms with Crippen LogP contribution in [-0.4, -0.2) is 48.0 Å². The number of ether oxygens (including phenoxy) is 1. The van der Waals surface area contributed by atoms with Crippen molar-refractivity contribution in [1.82, 2.24) is 20.0 Å². The summed E-state index contributed by atoms with van der Waals surface area (Å²) < 4.78 is 7.28. The SMILES string of the molecule is CCN1CCC(CNCc2cn(-c3ccccc3)nc2-c2ccc(OC)cc2)C1. The number of para-hydroxylation sites is 1. The van der Waals surface area contributed by atoms with E-state index in [9.17, 15) is 0 Å². The van der Waals surface area contributed by atoms with Crippen LogP contribution in [0.15, 0.2) is 60.8 Å². The van der Waals surface area contributed by atoms with Gasteiger partial charge in [0.2, 0.25) is 0 Å². The molecule has 1 saturated heterocycles. The maximum Gasteiger partial charge on any atom is 0.118 e. The zero-order chi connectivity index (χ0) is 20.1. The molecule has 1 aliphatic rings. The summed E-state index contributed by atoms with van der Waals surface area (Å²) >= 11 is 0. The van der Waals surface area contributed by atoms with Gasteiger partial charge in [-0.25, -0.2) is 4.68 Å². The van der Waals surface area contributed by atoms with Gasteiger partial charge in [-0.1, -0.05) is 25.1 Å². The Kier molecular flexibility index (Phi) is 6.27. The van der Waals surface area contributed by atoms with E-state index in [2.05, 4.69) is 47.6 Å². The van der Waals surface area contributed by atoms with Crippen LogP contribution in [0.25, 0.3) is 16.9 Å². The van der Waals surface area contributed by atoms with Crippen LogP contribution < -0.4 is 10.1 Å². The highest BCUT2D eigenvalue weighted by Gasteiger charge is 2.21. The van der Waals surface area contributed by atoms with Crippen LogP contribution in [0.1, 0.15) is 18.9 Å². The molecular formula is C24H30N4O. The fourth-order valence-corrected chi connectivity index (χ4v) is 4.02. The lowest BCUT2D eigenvalue weighted by atomic mass is 10.1. The summed E-state index contributed by atoms with van der Waals surface area (Å²) in [5.41, 5.74) is 4.41. The number of methoxy groups -OCH3 is 1. The molecule has 5 heteroatoms. The maximum absolute atomic E-state index is 5.31. The van der Waals surface area contributed by atoms with Gasteiger partial charge in [-0.15, -0.1) is 0 Å². The molecule has 1 fully saturated rings. The highest BCUT2D eigenvalue weighted by molar-refractivity contribution is 5.64. The van der Waals surface area contributed by atoms with Gasteiger partial charge in [0.25, 0.3) is 0 Å². The molecule has 0 aliphatic carbocycles. The zero-order valence-corrected chi connectivity index (χ0v) is 17.3. The van der Waals surface area contributed by atoms with Crippen LogP contribution in [0.3, 0.4) is 0 Å². The van der Waals surface area contributed by atoms with E-state index in [4.69, 9.17) is 9.84 Å². The van der Waals surface area contributed by atoms with Crippen molar-refractivity contribution in [3.8, 4) is 22.7 Å². The molecule has 0 amide bonds. The average Bonchev–Trinajstić information content (AvgIpc) is 3.42. The smallest absolute Gasteiger partial charge is 0.118 e. The highest BCUT2D eigenvalue weighted by atomic mass is 16.5. The predicted octanol–water partition coefficient (Wildman–Crippen LogP) is 3.98. The fourth-order valence-electron chi connectivity index (χ4n) is 4.02. The van der Waals surface area contributed by atoms with Crippen molar-refractivity contribution in [3.63, 3.8) is 0 Å². The summed E-state index contributed by atoms with van der Waals surface area (Å²) in [6.07, 6.45) is 3.43. The Balaban J connectivity index is 1.53. The third-order valence-electron chi connectivity index (χ3n) is 5.74. The summed E-state index contributed by atoms with van der Waals surface area (Å²) in [4.78, 5) is 2.53. The summed E-state index contributed by atoms with van der Waals surface area (Å²) in [5, 5.41) is 8.59. The standard InChI is InChI=1S/C24H30N4O/c1-3-27-14-13-19(17-27)15-25-16-21-18-28(22-7-5-4-6-8-22)26-24(21)20-9-11-23(29-2)12-10-20/h4-12,18-19,25H,3,13-17H2,1-2H3. The molecule has 2 heterocycles. The first-order valence-electron chi connectivity index (χ1n) is 10.5. The summed E-state index contributed by atoms with van der Waals surface area (Å²) in [7, 11) is 1.69. The topological polar surface area (TPSA) is 42.3 Å². The first-order chi connectivity index (χ1) is 14.3. The zero-order valence-electron chi connectivity index (χ0n) is 17.3. The number of nitrogens with one attached hydrogen (secondary N) is 1. The van der Waals surface area contributed by atoms with Crippen LogP contribution in [-0.2, 0) is 6.54 Å². The molecule has 1 aromatic heterocycles. The van der Waals surface area contributed by atoms with E-state index in [0.29, 0.717) is 0 Å². The molecule has 5 nitrogen and oxygen atoms in total. The molecule has 0 radical (unpaired) electrons. The highest BCUT2D eigenvalue weighted by Crippen LogP contribution is 2.26. The van der Waals surface area contributed by atoms with E-state index in [0.717, 1.165) is 48.2 Å². The van der Waals surface area contributed by atoms with Crippen molar-refractivity contribution in [1.29, 1.82) is 0 Å². The molecular weight excluding hydrogens is 360 g/mol. The van der Waals surface area contributed by atoms with Crippen molar-refractivity contribution < 1.29 is 4.74 Å². The molecule has 1 aliphatic heterocycles. The quantitative estimate of drug-likeness (QED) is 0.632.